The van der Waals surface area contributed by atoms with Crippen molar-refractivity contribution in [1.82, 2.24) is 5.32 Å². The van der Waals surface area contributed by atoms with Crippen LogP contribution in [0.5, 0.6) is 0 Å². The van der Waals surface area contributed by atoms with Gasteiger partial charge in [-0.25, -0.2) is 4.79 Å². The summed E-state index contributed by atoms with van der Waals surface area (Å²) in [6.45, 7) is 7.92. The van der Waals surface area contributed by atoms with Crippen molar-refractivity contribution in [3.05, 3.63) is 33.8 Å². The van der Waals surface area contributed by atoms with Crippen molar-refractivity contribution in [2.24, 2.45) is 0 Å². The van der Waals surface area contributed by atoms with Crippen LogP contribution in [0.15, 0.2) is 18.2 Å². The lowest BCUT2D eigenvalue weighted by Gasteiger charge is -2.32. The Hall–Kier alpha value is -0.770. The Bertz CT molecular complexity index is 479. The van der Waals surface area contributed by atoms with Crippen molar-refractivity contribution in [2.45, 2.75) is 45.7 Å². The van der Waals surface area contributed by atoms with E-state index in [4.69, 9.17) is 27.9 Å². The molecule has 5 heteroatoms. The second-order valence-corrected chi connectivity index (χ2v) is 5.69. The van der Waals surface area contributed by atoms with Crippen molar-refractivity contribution in [1.29, 1.82) is 0 Å². The van der Waals surface area contributed by atoms with Crippen LogP contribution < -0.4 is 5.32 Å². The average molecular weight is 318 g/mol. The molecule has 0 bridgehead atoms. The highest BCUT2D eigenvalue weighted by molar-refractivity contribution is 6.42. The van der Waals surface area contributed by atoms with Crippen molar-refractivity contribution in [3.8, 4) is 0 Å². The van der Waals surface area contributed by atoms with E-state index in [-0.39, 0.29) is 12.0 Å². The molecule has 0 spiro atoms. The smallest absolute Gasteiger partial charge is 0.330 e. The molecule has 0 saturated carbocycles. The van der Waals surface area contributed by atoms with Crippen LogP contribution in [-0.2, 0) is 15.1 Å². The van der Waals surface area contributed by atoms with Gasteiger partial charge in [0.15, 0.2) is 0 Å². The highest BCUT2D eigenvalue weighted by Crippen LogP contribution is 2.34. The Labute approximate surface area is 130 Å². The fourth-order valence-corrected chi connectivity index (χ4v) is 2.50. The Kier molecular flexibility index (Phi) is 6.31. The van der Waals surface area contributed by atoms with E-state index in [2.05, 4.69) is 5.32 Å². The molecule has 0 heterocycles. The number of hydrogen-bond acceptors (Lipinski definition) is 3. The summed E-state index contributed by atoms with van der Waals surface area (Å²) >= 11 is 12.3. The molecule has 0 amide bonds. The van der Waals surface area contributed by atoms with Gasteiger partial charge in [-0.2, -0.15) is 0 Å². The number of rotatable bonds is 6. The lowest BCUT2D eigenvalue weighted by Crippen LogP contribution is -2.51. The van der Waals surface area contributed by atoms with Gasteiger partial charge in [0.05, 0.1) is 16.7 Å². The third-order valence-electron chi connectivity index (χ3n) is 3.32. The van der Waals surface area contributed by atoms with Gasteiger partial charge in [0, 0.05) is 11.6 Å². The molecule has 0 radical (unpaired) electrons. The van der Waals surface area contributed by atoms with Gasteiger partial charge in [0.2, 0.25) is 0 Å². The molecule has 1 rings (SSSR count). The normalized spacial score (nSPS) is 15.5. The summed E-state index contributed by atoms with van der Waals surface area (Å²) in [7, 11) is 0. The van der Waals surface area contributed by atoms with E-state index >= 15 is 0 Å². The average Bonchev–Trinajstić information content (AvgIpc) is 2.41. The van der Waals surface area contributed by atoms with Crippen LogP contribution in [0.3, 0.4) is 0 Å². The van der Waals surface area contributed by atoms with Crippen LogP contribution in [0.4, 0.5) is 0 Å². The van der Waals surface area contributed by atoms with Crippen LogP contribution in [0.2, 0.25) is 10.0 Å². The number of carbonyl (C=O) groups excluding carboxylic acids is 1. The quantitative estimate of drug-likeness (QED) is 0.801. The van der Waals surface area contributed by atoms with E-state index in [1.807, 2.05) is 13.8 Å². The van der Waals surface area contributed by atoms with Crippen molar-refractivity contribution >= 4 is 29.2 Å². The molecule has 0 saturated heterocycles. The van der Waals surface area contributed by atoms with Crippen LogP contribution >= 0.6 is 23.2 Å². The largest absolute Gasteiger partial charge is 0.464 e. The molecular weight excluding hydrogens is 297 g/mol. The number of ether oxygens (including phenoxy) is 1. The number of esters is 1. The minimum atomic E-state index is -1.02. The second kappa shape index (κ2) is 7.30. The van der Waals surface area contributed by atoms with E-state index in [1.165, 1.54) is 0 Å². The summed E-state index contributed by atoms with van der Waals surface area (Å²) in [5.41, 5.74) is -0.390. The maximum absolute atomic E-state index is 12.4. The van der Waals surface area contributed by atoms with Gasteiger partial charge >= 0.3 is 5.97 Å². The minimum absolute atomic E-state index is 0.138. The maximum atomic E-state index is 12.4. The third kappa shape index (κ3) is 3.66. The van der Waals surface area contributed by atoms with Gasteiger partial charge in [0.1, 0.15) is 5.54 Å². The lowest BCUT2D eigenvalue weighted by atomic mass is 9.90. The Morgan fingerprint density at radius 2 is 2.05 bits per heavy atom. The van der Waals surface area contributed by atoms with Gasteiger partial charge < -0.3 is 4.74 Å². The Morgan fingerprint density at radius 3 is 2.60 bits per heavy atom. The first-order chi connectivity index (χ1) is 9.36. The van der Waals surface area contributed by atoms with Crippen molar-refractivity contribution in [3.63, 3.8) is 0 Å². The van der Waals surface area contributed by atoms with E-state index in [0.717, 1.165) is 6.42 Å². The maximum Gasteiger partial charge on any atom is 0.330 e. The first-order valence-corrected chi connectivity index (χ1v) is 7.51. The summed E-state index contributed by atoms with van der Waals surface area (Å²) in [5.74, 6) is -0.357. The first-order valence-electron chi connectivity index (χ1n) is 6.76. The number of benzene rings is 1. The Morgan fingerprint density at radius 1 is 1.40 bits per heavy atom. The fourth-order valence-electron chi connectivity index (χ4n) is 2.01. The van der Waals surface area contributed by atoms with Crippen LogP contribution in [-0.4, -0.2) is 18.6 Å². The predicted molar refractivity (Wildman–Crippen MR) is 83.3 cm³/mol. The zero-order valence-corrected chi connectivity index (χ0v) is 13.8. The monoisotopic (exact) mass is 317 g/mol. The van der Waals surface area contributed by atoms with Gasteiger partial charge in [0.25, 0.3) is 0 Å². The van der Waals surface area contributed by atoms with Crippen LogP contribution in [0, 0.1) is 0 Å². The number of hydrogen-bond donors (Lipinski definition) is 1. The molecule has 2 atom stereocenters. The zero-order valence-electron chi connectivity index (χ0n) is 12.3. The van der Waals surface area contributed by atoms with Crippen molar-refractivity contribution in [2.75, 3.05) is 6.61 Å². The molecule has 1 aromatic rings. The van der Waals surface area contributed by atoms with Gasteiger partial charge in [-0.3, -0.25) is 5.32 Å². The Balaban J connectivity index is 3.29. The SMILES string of the molecule is CCOC(=O)C(C)(NC(C)CC)c1cccc(Cl)c1Cl. The number of nitrogens with one attached hydrogen (secondary N) is 1. The number of carbonyl (C=O) groups is 1. The van der Waals surface area contributed by atoms with Crippen molar-refractivity contribution < 1.29 is 9.53 Å². The van der Waals surface area contributed by atoms with Crippen LogP contribution in [0.25, 0.3) is 0 Å². The second-order valence-electron chi connectivity index (χ2n) is 4.90. The summed E-state index contributed by atoms with van der Waals surface area (Å²) in [5, 5.41) is 4.09. The standard InChI is InChI=1S/C15H21Cl2NO2/c1-5-10(3)18-15(4,14(19)20-6-2)11-8-7-9-12(16)13(11)17/h7-10,18H,5-6H2,1-4H3. The summed E-state index contributed by atoms with van der Waals surface area (Å²) in [4.78, 5) is 12.4. The number of halogens is 2. The van der Waals surface area contributed by atoms with Crippen LogP contribution in [0.1, 0.15) is 39.7 Å². The molecule has 0 aliphatic heterocycles. The fraction of sp³-hybridized carbons (Fsp3) is 0.533. The molecule has 1 aromatic carbocycles. The van der Waals surface area contributed by atoms with Gasteiger partial charge in [-0.1, -0.05) is 42.3 Å². The molecule has 112 valence electrons. The molecule has 0 aliphatic carbocycles. The van der Waals surface area contributed by atoms with E-state index in [0.29, 0.717) is 22.2 Å². The van der Waals surface area contributed by atoms with Gasteiger partial charge in [-0.05, 0) is 33.3 Å². The first kappa shape index (κ1) is 17.3. The van der Waals surface area contributed by atoms with E-state index in [9.17, 15) is 4.79 Å². The van der Waals surface area contributed by atoms with E-state index in [1.54, 1.807) is 32.0 Å². The summed E-state index contributed by atoms with van der Waals surface area (Å²) < 4.78 is 5.20. The van der Waals surface area contributed by atoms with Gasteiger partial charge in [-0.15, -0.1) is 0 Å². The third-order valence-corrected chi connectivity index (χ3v) is 4.14. The molecule has 0 aliphatic rings. The topological polar surface area (TPSA) is 38.3 Å². The highest BCUT2D eigenvalue weighted by Gasteiger charge is 2.39. The van der Waals surface area contributed by atoms with E-state index < -0.39 is 5.54 Å². The highest BCUT2D eigenvalue weighted by atomic mass is 35.5. The molecule has 1 N–H and O–H groups in total. The lowest BCUT2D eigenvalue weighted by molar-refractivity contribution is -0.151. The molecule has 0 aromatic heterocycles. The molecule has 20 heavy (non-hydrogen) atoms. The molecule has 0 fully saturated rings. The molecular formula is C15H21Cl2NO2. The molecule has 3 nitrogen and oxygen atoms in total. The molecule has 2 unspecified atom stereocenters. The minimum Gasteiger partial charge on any atom is -0.464 e. The summed E-state index contributed by atoms with van der Waals surface area (Å²) in [6.07, 6.45) is 0.882. The summed E-state index contributed by atoms with van der Waals surface area (Å²) in [6, 6.07) is 5.40. The zero-order chi connectivity index (χ0) is 15.3. The predicted octanol–water partition coefficient (Wildman–Crippen LogP) is 4.16.